The molecule has 1 aromatic carbocycles. The monoisotopic (exact) mass is 380 g/mol. The number of aliphatic hydroxyl groups is 1. The highest BCUT2D eigenvalue weighted by molar-refractivity contribution is 5.78. The second-order valence-electron chi connectivity index (χ2n) is 6.55. The van der Waals surface area contributed by atoms with E-state index < -0.39 is 23.7 Å². The Balaban J connectivity index is 2.14. The Kier molecular flexibility index (Phi) is 4.81. The Morgan fingerprint density at radius 3 is 2.41 bits per heavy atom. The lowest BCUT2D eigenvalue weighted by molar-refractivity contribution is -0.137. The second-order valence-corrected chi connectivity index (χ2v) is 6.55. The van der Waals surface area contributed by atoms with Gasteiger partial charge in [0.25, 0.3) is 5.56 Å². The van der Waals surface area contributed by atoms with Gasteiger partial charge in [-0.05, 0) is 31.5 Å². The Bertz CT molecular complexity index is 1020. The van der Waals surface area contributed by atoms with Gasteiger partial charge in [-0.1, -0.05) is 19.1 Å². The Morgan fingerprint density at radius 1 is 1.22 bits per heavy atom. The molecule has 2 N–H and O–H groups in total. The third-order valence-corrected chi connectivity index (χ3v) is 4.53. The summed E-state index contributed by atoms with van der Waals surface area (Å²) in [5.74, 6) is 0.0141. The van der Waals surface area contributed by atoms with E-state index >= 15 is 0 Å². The average molecular weight is 380 g/mol. The number of benzene rings is 1. The number of nitrogens with zero attached hydrogens (tertiary/aromatic N) is 3. The minimum atomic E-state index is -4.40. The molecule has 144 valence electrons. The summed E-state index contributed by atoms with van der Waals surface area (Å²) in [6, 6.07) is 4.38. The standard InChI is InChI=1S/C18H19F3N4O2/c1-9(8-26)25-16-15(22-11(3)23-17(16)27)14(24-25)10(2)12-4-6-13(7-5-12)18(19,20)21/h4-7,9-10,26H,8H2,1-3H3,(H,22,23,27)/t9?,10-/m1/s1. The van der Waals surface area contributed by atoms with Crippen LogP contribution in [0.15, 0.2) is 29.1 Å². The predicted octanol–water partition coefficient (Wildman–Crippen LogP) is 3.15. The molecule has 0 amide bonds. The number of hydrogen-bond acceptors (Lipinski definition) is 4. The SMILES string of the molecule is Cc1nc2c([C@H](C)c3ccc(C(F)(F)F)cc3)nn(C(C)CO)c2c(=O)[nH]1. The number of aryl methyl sites for hydroxylation is 1. The number of hydrogen-bond donors (Lipinski definition) is 2. The second kappa shape index (κ2) is 6.80. The molecule has 9 heteroatoms. The molecule has 3 rings (SSSR count). The molecule has 0 aliphatic carbocycles. The van der Waals surface area contributed by atoms with E-state index in [0.717, 1.165) is 12.1 Å². The van der Waals surface area contributed by atoms with Gasteiger partial charge in [0.2, 0.25) is 0 Å². The minimum Gasteiger partial charge on any atom is -0.394 e. The van der Waals surface area contributed by atoms with Crippen LogP contribution in [0, 0.1) is 6.92 Å². The topological polar surface area (TPSA) is 83.8 Å². The fourth-order valence-corrected chi connectivity index (χ4v) is 2.99. The highest BCUT2D eigenvalue weighted by atomic mass is 19.4. The van der Waals surface area contributed by atoms with Gasteiger partial charge in [0, 0.05) is 5.92 Å². The molecular formula is C18H19F3N4O2. The van der Waals surface area contributed by atoms with E-state index in [2.05, 4.69) is 15.1 Å². The number of H-pyrrole nitrogens is 1. The van der Waals surface area contributed by atoms with Crippen LogP contribution in [0.25, 0.3) is 11.0 Å². The Labute approximate surface area is 152 Å². The summed E-state index contributed by atoms with van der Waals surface area (Å²) in [7, 11) is 0. The van der Waals surface area contributed by atoms with Gasteiger partial charge in [-0.15, -0.1) is 0 Å². The third kappa shape index (κ3) is 3.46. The number of halogens is 3. The lowest BCUT2D eigenvalue weighted by Crippen LogP contribution is -2.18. The van der Waals surface area contributed by atoms with Crippen molar-refractivity contribution in [3.8, 4) is 0 Å². The van der Waals surface area contributed by atoms with E-state index in [1.54, 1.807) is 20.8 Å². The summed E-state index contributed by atoms with van der Waals surface area (Å²) >= 11 is 0. The van der Waals surface area contributed by atoms with E-state index in [0.29, 0.717) is 22.6 Å². The molecule has 0 saturated carbocycles. The van der Waals surface area contributed by atoms with Crippen LogP contribution in [-0.4, -0.2) is 31.5 Å². The minimum absolute atomic E-state index is 0.224. The molecule has 0 saturated heterocycles. The molecule has 2 atom stereocenters. The summed E-state index contributed by atoms with van der Waals surface area (Å²) in [4.78, 5) is 19.4. The van der Waals surface area contributed by atoms with Crippen LogP contribution in [0.5, 0.6) is 0 Å². The average Bonchev–Trinajstić information content (AvgIpc) is 2.99. The van der Waals surface area contributed by atoms with Crippen LogP contribution in [-0.2, 0) is 6.18 Å². The zero-order valence-electron chi connectivity index (χ0n) is 15.0. The fourth-order valence-electron chi connectivity index (χ4n) is 2.99. The summed E-state index contributed by atoms with van der Waals surface area (Å²) in [6.45, 7) is 4.91. The number of alkyl halides is 3. The van der Waals surface area contributed by atoms with Crippen LogP contribution in [0.2, 0.25) is 0 Å². The van der Waals surface area contributed by atoms with Crippen molar-refractivity contribution in [3.63, 3.8) is 0 Å². The molecule has 3 aromatic rings. The van der Waals surface area contributed by atoms with Gasteiger partial charge in [0.1, 0.15) is 11.3 Å². The van der Waals surface area contributed by atoms with Crippen LogP contribution in [0.4, 0.5) is 13.2 Å². The van der Waals surface area contributed by atoms with Gasteiger partial charge in [-0.3, -0.25) is 9.48 Å². The Morgan fingerprint density at radius 2 is 1.85 bits per heavy atom. The summed E-state index contributed by atoms with van der Waals surface area (Å²) < 4.78 is 39.8. The smallest absolute Gasteiger partial charge is 0.394 e. The van der Waals surface area contributed by atoms with Gasteiger partial charge >= 0.3 is 6.18 Å². The molecule has 0 aliphatic rings. The number of aromatic amines is 1. The van der Waals surface area contributed by atoms with E-state index in [-0.39, 0.29) is 17.7 Å². The molecule has 27 heavy (non-hydrogen) atoms. The van der Waals surface area contributed by atoms with E-state index in [1.165, 1.54) is 16.8 Å². The van der Waals surface area contributed by atoms with Crippen molar-refractivity contribution in [1.29, 1.82) is 0 Å². The molecule has 2 aromatic heterocycles. The first-order chi connectivity index (χ1) is 12.6. The number of nitrogens with one attached hydrogen (secondary N) is 1. The number of aliphatic hydroxyl groups excluding tert-OH is 1. The van der Waals surface area contributed by atoms with Crippen molar-refractivity contribution in [2.75, 3.05) is 6.61 Å². The summed E-state index contributed by atoms with van der Waals surface area (Å²) in [5, 5.41) is 13.9. The zero-order chi connectivity index (χ0) is 19.9. The van der Waals surface area contributed by atoms with Crippen molar-refractivity contribution in [1.82, 2.24) is 19.7 Å². The molecule has 0 fully saturated rings. The number of fused-ring (bicyclic) bond motifs is 1. The quantitative estimate of drug-likeness (QED) is 0.728. The predicted molar refractivity (Wildman–Crippen MR) is 93.6 cm³/mol. The molecule has 2 heterocycles. The maximum Gasteiger partial charge on any atom is 0.416 e. The van der Waals surface area contributed by atoms with Gasteiger partial charge in [0.15, 0.2) is 5.52 Å². The summed E-state index contributed by atoms with van der Waals surface area (Å²) in [5.41, 5.74) is 0.592. The molecule has 0 spiro atoms. The molecule has 0 aliphatic heterocycles. The van der Waals surface area contributed by atoms with Crippen molar-refractivity contribution in [2.45, 2.75) is 38.9 Å². The first-order valence-corrected chi connectivity index (χ1v) is 8.40. The number of aromatic nitrogens is 4. The Hall–Kier alpha value is -2.68. The van der Waals surface area contributed by atoms with Gasteiger partial charge < -0.3 is 10.1 Å². The van der Waals surface area contributed by atoms with Crippen LogP contribution < -0.4 is 5.56 Å². The van der Waals surface area contributed by atoms with Crippen LogP contribution in [0.1, 0.15) is 48.5 Å². The molecule has 1 unspecified atom stereocenters. The highest BCUT2D eigenvalue weighted by Crippen LogP contribution is 2.33. The highest BCUT2D eigenvalue weighted by Gasteiger charge is 2.30. The van der Waals surface area contributed by atoms with Crippen molar-refractivity contribution < 1.29 is 18.3 Å². The lowest BCUT2D eigenvalue weighted by atomic mass is 9.96. The van der Waals surface area contributed by atoms with E-state index in [1.807, 2.05) is 0 Å². The first kappa shape index (κ1) is 19.1. The van der Waals surface area contributed by atoms with Gasteiger partial charge in [-0.2, -0.15) is 18.3 Å². The molecular weight excluding hydrogens is 361 g/mol. The van der Waals surface area contributed by atoms with Crippen molar-refractivity contribution in [3.05, 3.63) is 57.3 Å². The van der Waals surface area contributed by atoms with Crippen molar-refractivity contribution in [2.24, 2.45) is 0 Å². The normalized spacial score (nSPS) is 14.5. The maximum absolute atomic E-state index is 12.8. The van der Waals surface area contributed by atoms with Crippen LogP contribution >= 0.6 is 0 Å². The van der Waals surface area contributed by atoms with Crippen LogP contribution in [0.3, 0.4) is 0 Å². The molecule has 6 nitrogen and oxygen atoms in total. The lowest BCUT2D eigenvalue weighted by Gasteiger charge is -2.12. The fraction of sp³-hybridized carbons (Fsp3) is 0.389. The summed E-state index contributed by atoms with van der Waals surface area (Å²) in [6.07, 6.45) is -4.40. The molecule has 0 bridgehead atoms. The maximum atomic E-state index is 12.8. The van der Waals surface area contributed by atoms with Gasteiger partial charge in [0.05, 0.1) is 23.9 Å². The number of rotatable bonds is 4. The molecule has 0 radical (unpaired) electrons. The largest absolute Gasteiger partial charge is 0.416 e. The van der Waals surface area contributed by atoms with Gasteiger partial charge in [-0.25, -0.2) is 4.98 Å². The zero-order valence-corrected chi connectivity index (χ0v) is 15.0. The van der Waals surface area contributed by atoms with Crippen molar-refractivity contribution >= 4 is 11.0 Å². The third-order valence-electron chi connectivity index (χ3n) is 4.53. The first-order valence-electron chi connectivity index (χ1n) is 8.40. The van der Waals surface area contributed by atoms with E-state index in [4.69, 9.17) is 0 Å². The van der Waals surface area contributed by atoms with E-state index in [9.17, 15) is 23.1 Å².